The van der Waals surface area contributed by atoms with Crippen molar-refractivity contribution in [2.75, 3.05) is 0 Å². The summed E-state index contributed by atoms with van der Waals surface area (Å²) in [5.74, 6) is -0.320. The molecule has 1 aliphatic carbocycles. The van der Waals surface area contributed by atoms with E-state index in [-0.39, 0.29) is 22.9 Å². The van der Waals surface area contributed by atoms with Gasteiger partial charge in [0.15, 0.2) is 0 Å². The molecular weight excluding hydrogens is 338 g/mol. The Kier molecular flexibility index (Phi) is 4.87. The fourth-order valence-electron chi connectivity index (χ4n) is 2.48. The summed E-state index contributed by atoms with van der Waals surface area (Å²) in [5, 5.41) is 2.87. The predicted molar refractivity (Wildman–Crippen MR) is 94.6 cm³/mol. The number of sulfonamides is 1. The van der Waals surface area contributed by atoms with E-state index in [9.17, 15) is 13.2 Å². The molecule has 1 saturated carbocycles. The zero-order valence-corrected chi connectivity index (χ0v) is 15.0. The molecule has 1 aromatic heterocycles. The summed E-state index contributed by atoms with van der Waals surface area (Å²) in [4.78, 5) is 16.9. The Morgan fingerprint density at radius 2 is 2.00 bits per heavy atom. The van der Waals surface area contributed by atoms with Gasteiger partial charge in [-0.15, -0.1) is 0 Å². The molecule has 1 amide bonds. The number of hydrogen-bond acceptors (Lipinski definition) is 4. The molecule has 1 unspecified atom stereocenters. The molecule has 0 radical (unpaired) electrons. The third-order valence-electron chi connectivity index (χ3n) is 4.14. The Balaban J connectivity index is 1.81. The van der Waals surface area contributed by atoms with Crippen LogP contribution in [0.3, 0.4) is 0 Å². The quantitative estimate of drug-likeness (QED) is 0.828. The molecule has 0 aliphatic heterocycles. The molecule has 1 aliphatic rings. The molecule has 0 bridgehead atoms. The lowest BCUT2D eigenvalue weighted by atomic mass is 10.1. The second kappa shape index (κ2) is 6.93. The molecule has 2 N–H and O–H groups in total. The maximum Gasteiger partial charge on any atom is 0.252 e. The van der Waals surface area contributed by atoms with Crippen LogP contribution in [-0.4, -0.2) is 25.4 Å². The van der Waals surface area contributed by atoms with Crippen molar-refractivity contribution in [3.05, 3.63) is 59.4 Å². The van der Waals surface area contributed by atoms with Gasteiger partial charge in [-0.3, -0.25) is 9.78 Å². The average Bonchev–Trinajstić information content (AvgIpc) is 3.39. The van der Waals surface area contributed by atoms with Crippen molar-refractivity contribution in [1.29, 1.82) is 0 Å². The third kappa shape index (κ3) is 4.24. The van der Waals surface area contributed by atoms with Crippen molar-refractivity contribution in [1.82, 2.24) is 15.0 Å². The van der Waals surface area contributed by atoms with E-state index in [4.69, 9.17) is 0 Å². The lowest BCUT2D eigenvalue weighted by Crippen LogP contribution is -2.29. The summed E-state index contributed by atoms with van der Waals surface area (Å²) in [5.41, 5.74) is 1.81. The first-order valence-corrected chi connectivity index (χ1v) is 9.70. The number of nitrogens with one attached hydrogen (secondary N) is 2. The summed E-state index contributed by atoms with van der Waals surface area (Å²) in [6.45, 7) is 3.62. The molecule has 7 heteroatoms. The summed E-state index contributed by atoms with van der Waals surface area (Å²) >= 11 is 0. The fraction of sp³-hybridized carbons (Fsp3) is 0.333. The van der Waals surface area contributed by atoms with Gasteiger partial charge in [0.2, 0.25) is 10.0 Å². The third-order valence-corrected chi connectivity index (χ3v) is 5.66. The molecular formula is C18H21N3O3S. The van der Waals surface area contributed by atoms with Crippen molar-refractivity contribution in [3.63, 3.8) is 0 Å². The van der Waals surface area contributed by atoms with Crippen LogP contribution in [0, 0.1) is 6.92 Å². The molecule has 3 rings (SSSR count). The van der Waals surface area contributed by atoms with Gasteiger partial charge in [0.25, 0.3) is 5.91 Å². The average molecular weight is 359 g/mol. The minimum Gasteiger partial charge on any atom is -0.344 e. The molecule has 132 valence electrons. The number of amides is 1. The van der Waals surface area contributed by atoms with E-state index in [0.29, 0.717) is 5.56 Å². The second-order valence-electron chi connectivity index (χ2n) is 6.32. The molecule has 1 atom stereocenters. The van der Waals surface area contributed by atoms with E-state index in [2.05, 4.69) is 15.0 Å². The first-order chi connectivity index (χ1) is 11.9. The van der Waals surface area contributed by atoms with Gasteiger partial charge in [0.1, 0.15) is 0 Å². The van der Waals surface area contributed by atoms with E-state index in [0.717, 1.165) is 24.1 Å². The van der Waals surface area contributed by atoms with E-state index < -0.39 is 10.0 Å². The molecule has 2 aromatic rings. The minimum absolute atomic E-state index is 0.0211. The largest absolute Gasteiger partial charge is 0.344 e. The van der Waals surface area contributed by atoms with Crippen molar-refractivity contribution >= 4 is 15.9 Å². The van der Waals surface area contributed by atoms with Crippen molar-refractivity contribution in [2.45, 2.75) is 43.7 Å². The molecule has 0 spiro atoms. The van der Waals surface area contributed by atoms with Crippen LogP contribution in [0.15, 0.2) is 47.5 Å². The van der Waals surface area contributed by atoms with Crippen LogP contribution in [0.2, 0.25) is 0 Å². The topological polar surface area (TPSA) is 88.2 Å². The molecule has 0 saturated heterocycles. The summed E-state index contributed by atoms with van der Waals surface area (Å²) < 4.78 is 27.3. The highest BCUT2D eigenvalue weighted by Crippen LogP contribution is 2.23. The zero-order chi connectivity index (χ0) is 18.0. The van der Waals surface area contributed by atoms with Gasteiger partial charge in [0.05, 0.1) is 16.6 Å². The Morgan fingerprint density at radius 1 is 1.24 bits per heavy atom. The van der Waals surface area contributed by atoms with Crippen LogP contribution in [0.25, 0.3) is 0 Å². The highest BCUT2D eigenvalue weighted by molar-refractivity contribution is 7.89. The highest BCUT2D eigenvalue weighted by atomic mass is 32.2. The number of hydrogen-bond donors (Lipinski definition) is 2. The Bertz CT molecular complexity index is 878. The lowest BCUT2D eigenvalue weighted by molar-refractivity contribution is 0.0938. The van der Waals surface area contributed by atoms with E-state index in [1.54, 1.807) is 19.2 Å². The lowest BCUT2D eigenvalue weighted by Gasteiger charge is -2.15. The number of pyridine rings is 1. The van der Waals surface area contributed by atoms with Gasteiger partial charge in [0, 0.05) is 17.8 Å². The summed E-state index contributed by atoms with van der Waals surface area (Å²) in [6.07, 6.45) is 3.39. The molecule has 25 heavy (non-hydrogen) atoms. The predicted octanol–water partition coefficient (Wildman–Crippen LogP) is 2.32. The minimum atomic E-state index is -3.59. The summed E-state index contributed by atoms with van der Waals surface area (Å²) in [6, 6.07) is 9.85. The van der Waals surface area contributed by atoms with Crippen molar-refractivity contribution in [3.8, 4) is 0 Å². The molecule has 6 nitrogen and oxygen atoms in total. The first-order valence-electron chi connectivity index (χ1n) is 8.21. The highest BCUT2D eigenvalue weighted by Gasteiger charge is 2.28. The SMILES string of the molecule is Cc1ccc(S(=O)(=O)NC2CC2)cc1C(=O)NC(C)c1ccccn1. The van der Waals surface area contributed by atoms with E-state index in [1.165, 1.54) is 12.1 Å². The number of rotatable bonds is 6. The van der Waals surface area contributed by atoms with Crippen LogP contribution in [0.4, 0.5) is 0 Å². The monoisotopic (exact) mass is 359 g/mol. The van der Waals surface area contributed by atoms with Crippen LogP contribution in [0.5, 0.6) is 0 Å². The smallest absolute Gasteiger partial charge is 0.252 e. The van der Waals surface area contributed by atoms with Gasteiger partial charge in [-0.25, -0.2) is 13.1 Å². The number of aromatic nitrogens is 1. The Hall–Kier alpha value is -2.25. The standard InChI is InChI=1S/C18H21N3O3S/c1-12-6-9-15(25(23,24)21-14-7-8-14)11-16(12)18(22)20-13(2)17-5-3-4-10-19-17/h3-6,9-11,13-14,21H,7-8H2,1-2H3,(H,20,22). The van der Waals surface area contributed by atoms with Crippen LogP contribution >= 0.6 is 0 Å². The number of aryl methyl sites for hydroxylation is 1. The van der Waals surface area contributed by atoms with Gasteiger partial charge in [-0.05, 0) is 56.5 Å². The number of carbonyl (C=O) groups is 1. The van der Waals surface area contributed by atoms with Crippen LogP contribution in [0.1, 0.15) is 47.4 Å². The second-order valence-corrected chi connectivity index (χ2v) is 8.04. The molecule has 1 fully saturated rings. The van der Waals surface area contributed by atoms with Crippen molar-refractivity contribution < 1.29 is 13.2 Å². The van der Waals surface area contributed by atoms with Crippen molar-refractivity contribution in [2.24, 2.45) is 0 Å². The van der Waals surface area contributed by atoms with Gasteiger partial charge in [-0.2, -0.15) is 0 Å². The van der Waals surface area contributed by atoms with Crippen LogP contribution < -0.4 is 10.0 Å². The maximum atomic E-state index is 12.6. The van der Waals surface area contributed by atoms with Gasteiger partial charge < -0.3 is 5.32 Å². The Labute approximate surface area is 147 Å². The van der Waals surface area contributed by atoms with Crippen LogP contribution in [-0.2, 0) is 10.0 Å². The van der Waals surface area contributed by atoms with E-state index >= 15 is 0 Å². The molecule has 1 aromatic carbocycles. The number of nitrogens with zero attached hydrogens (tertiary/aromatic N) is 1. The Morgan fingerprint density at radius 3 is 2.64 bits per heavy atom. The normalized spacial score (nSPS) is 15.6. The maximum absolute atomic E-state index is 12.6. The summed E-state index contributed by atoms with van der Waals surface area (Å²) in [7, 11) is -3.59. The van der Waals surface area contributed by atoms with Gasteiger partial charge >= 0.3 is 0 Å². The zero-order valence-electron chi connectivity index (χ0n) is 14.2. The number of benzene rings is 1. The fourth-order valence-corrected chi connectivity index (χ4v) is 3.81. The number of carbonyl (C=O) groups excluding carboxylic acids is 1. The van der Waals surface area contributed by atoms with Gasteiger partial charge in [-0.1, -0.05) is 12.1 Å². The van der Waals surface area contributed by atoms with E-state index in [1.807, 2.05) is 25.1 Å². The molecule has 1 heterocycles. The first kappa shape index (κ1) is 17.6.